The molecule has 1 amide bonds. The van der Waals surface area contributed by atoms with Crippen LogP contribution in [0.15, 0.2) is 59.5 Å². The molecule has 0 saturated carbocycles. The first-order chi connectivity index (χ1) is 12.2. The molecule has 1 aliphatic heterocycles. The van der Waals surface area contributed by atoms with Gasteiger partial charge in [0, 0.05) is 24.6 Å². The first kappa shape index (κ1) is 18.0. The third-order valence-electron chi connectivity index (χ3n) is 4.40. The van der Waals surface area contributed by atoms with E-state index in [1.165, 1.54) is 5.56 Å². The zero-order valence-electron chi connectivity index (χ0n) is 14.7. The van der Waals surface area contributed by atoms with E-state index in [1.54, 1.807) is 11.8 Å². The average molecular weight is 356 g/mol. The lowest BCUT2D eigenvalue weighted by Gasteiger charge is -2.25. The monoisotopic (exact) mass is 355 g/mol. The minimum Gasteiger partial charge on any atom is -0.376 e. The fourth-order valence-electron chi connectivity index (χ4n) is 2.96. The summed E-state index contributed by atoms with van der Waals surface area (Å²) in [5.41, 5.74) is 2.40. The van der Waals surface area contributed by atoms with E-state index in [-0.39, 0.29) is 12.0 Å². The van der Waals surface area contributed by atoms with E-state index in [2.05, 4.69) is 43.3 Å². The molecule has 25 heavy (non-hydrogen) atoms. The molecule has 132 valence electrons. The zero-order valence-corrected chi connectivity index (χ0v) is 15.5. The summed E-state index contributed by atoms with van der Waals surface area (Å²) in [7, 11) is 0. The molecule has 1 saturated heterocycles. The number of aryl methyl sites for hydroxylation is 1. The molecule has 2 aromatic rings. The quantitative estimate of drug-likeness (QED) is 0.694. The standard InChI is InChI=1S/C21H25NO2S/c1-17-9-11-20(12-10-17)25-16-21(23)22(15-19-8-5-13-24-19)14-18-6-3-2-4-7-18/h2-4,6-7,9-12,19H,5,8,13-16H2,1H3. The van der Waals surface area contributed by atoms with E-state index in [0.717, 1.165) is 29.9 Å². The molecule has 1 unspecified atom stereocenters. The summed E-state index contributed by atoms with van der Waals surface area (Å²) in [5, 5.41) is 0. The Labute approximate surface area is 154 Å². The Balaban J connectivity index is 1.62. The van der Waals surface area contributed by atoms with Crippen molar-refractivity contribution in [2.45, 2.75) is 37.3 Å². The maximum Gasteiger partial charge on any atom is 0.233 e. The highest BCUT2D eigenvalue weighted by molar-refractivity contribution is 8.00. The molecule has 0 spiro atoms. The Hall–Kier alpha value is -1.78. The number of rotatable bonds is 7. The van der Waals surface area contributed by atoms with Crippen molar-refractivity contribution in [3.05, 3.63) is 65.7 Å². The van der Waals surface area contributed by atoms with E-state index >= 15 is 0 Å². The second kappa shape index (κ2) is 9.07. The Bertz CT molecular complexity index is 666. The van der Waals surface area contributed by atoms with Gasteiger partial charge >= 0.3 is 0 Å². The van der Waals surface area contributed by atoms with Crippen LogP contribution in [-0.4, -0.2) is 35.8 Å². The lowest BCUT2D eigenvalue weighted by molar-refractivity contribution is -0.130. The van der Waals surface area contributed by atoms with Crippen molar-refractivity contribution < 1.29 is 9.53 Å². The van der Waals surface area contributed by atoms with Crippen molar-refractivity contribution in [2.75, 3.05) is 18.9 Å². The SMILES string of the molecule is Cc1ccc(SCC(=O)N(Cc2ccccc2)CC2CCCO2)cc1. The highest BCUT2D eigenvalue weighted by atomic mass is 32.2. The summed E-state index contributed by atoms with van der Waals surface area (Å²) in [6, 6.07) is 18.5. The van der Waals surface area contributed by atoms with Gasteiger partial charge in [0.15, 0.2) is 0 Å². The fourth-order valence-corrected chi connectivity index (χ4v) is 3.76. The van der Waals surface area contributed by atoms with Crippen molar-refractivity contribution >= 4 is 17.7 Å². The Morgan fingerprint density at radius 2 is 1.92 bits per heavy atom. The summed E-state index contributed by atoms with van der Waals surface area (Å²) in [4.78, 5) is 15.9. The van der Waals surface area contributed by atoms with E-state index in [9.17, 15) is 4.79 Å². The van der Waals surface area contributed by atoms with Gasteiger partial charge in [-0.05, 0) is 37.5 Å². The molecule has 0 N–H and O–H groups in total. The van der Waals surface area contributed by atoms with Crippen molar-refractivity contribution in [1.29, 1.82) is 0 Å². The van der Waals surface area contributed by atoms with Crippen LogP contribution in [0.2, 0.25) is 0 Å². The predicted octanol–water partition coefficient (Wildman–Crippen LogP) is 4.29. The molecule has 1 fully saturated rings. The van der Waals surface area contributed by atoms with Crippen LogP contribution in [0.1, 0.15) is 24.0 Å². The number of nitrogens with zero attached hydrogens (tertiary/aromatic N) is 1. The molecule has 1 atom stereocenters. The predicted molar refractivity (Wildman–Crippen MR) is 103 cm³/mol. The minimum absolute atomic E-state index is 0.171. The first-order valence-corrected chi connectivity index (χ1v) is 9.82. The maximum absolute atomic E-state index is 12.8. The number of amides is 1. The van der Waals surface area contributed by atoms with Crippen molar-refractivity contribution in [1.82, 2.24) is 4.90 Å². The summed E-state index contributed by atoms with van der Waals surface area (Å²) in [6.07, 6.45) is 2.32. The van der Waals surface area contributed by atoms with Gasteiger partial charge in [-0.25, -0.2) is 0 Å². The van der Waals surface area contributed by atoms with Gasteiger partial charge in [0.25, 0.3) is 0 Å². The van der Waals surface area contributed by atoms with Gasteiger partial charge in [-0.3, -0.25) is 4.79 Å². The van der Waals surface area contributed by atoms with Crippen LogP contribution in [-0.2, 0) is 16.1 Å². The number of carbonyl (C=O) groups excluding carboxylic acids is 1. The average Bonchev–Trinajstić information content (AvgIpc) is 3.14. The normalized spacial score (nSPS) is 16.8. The van der Waals surface area contributed by atoms with Crippen LogP contribution in [0, 0.1) is 6.92 Å². The van der Waals surface area contributed by atoms with E-state index in [0.29, 0.717) is 18.8 Å². The zero-order chi connectivity index (χ0) is 17.5. The van der Waals surface area contributed by atoms with Crippen LogP contribution in [0.3, 0.4) is 0 Å². The van der Waals surface area contributed by atoms with E-state index in [4.69, 9.17) is 4.74 Å². The number of benzene rings is 2. The molecular weight excluding hydrogens is 330 g/mol. The largest absolute Gasteiger partial charge is 0.376 e. The minimum atomic E-state index is 0.171. The summed E-state index contributed by atoms with van der Waals surface area (Å²) in [6.45, 7) is 4.22. The van der Waals surface area contributed by atoms with Crippen LogP contribution in [0.4, 0.5) is 0 Å². The molecule has 1 aliphatic rings. The lowest BCUT2D eigenvalue weighted by atomic mass is 10.2. The van der Waals surface area contributed by atoms with Gasteiger partial charge in [-0.1, -0.05) is 48.0 Å². The van der Waals surface area contributed by atoms with Gasteiger partial charge in [-0.15, -0.1) is 11.8 Å². The first-order valence-electron chi connectivity index (χ1n) is 8.83. The molecule has 2 aromatic carbocycles. The Morgan fingerprint density at radius 1 is 1.16 bits per heavy atom. The number of hydrogen-bond donors (Lipinski definition) is 0. The summed E-state index contributed by atoms with van der Waals surface area (Å²) >= 11 is 1.60. The Kier molecular flexibility index (Phi) is 6.54. The third-order valence-corrected chi connectivity index (χ3v) is 5.40. The van der Waals surface area contributed by atoms with Crippen LogP contribution >= 0.6 is 11.8 Å². The van der Waals surface area contributed by atoms with E-state index < -0.39 is 0 Å². The summed E-state index contributed by atoms with van der Waals surface area (Å²) < 4.78 is 5.75. The van der Waals surface area contributed by atoms with Crippen molar-refractivity contribution in [3.63, 3.8) is 0 Å². The van der Waals surface area contributed by atoms with E-state index in [1.807, 2.05) is 23.1 Å². The molecule has 0 aliphatic carbocycles. The number of hydrogen-bond acceptors (Lipinski definition) is 3. The Morgan fingerprint density at radius 3 is 2.60 bits per heavy atom. The molecule has 0 radical (unpaired) electrons. The molecule has 3 nitrogen and oxygen atoms in total. The molecule has 0 aromatic heterocycles. The number of carbonyl (C=O) groups is 1. The number of thioether (sulfide) groups is 1. The van der Waals surface area contributed by atoms with Crippen LogP contribution < -0.4 is 0 Å². The summed E-state index contributed by atoms with van der Waals surface area (Å²) in [5.74, 6) is 0.632. The third kappa shape index (κ3) is 5.62. The smallest absolute Gasteiger partial charge is 0.233 e. The topological polar surface area (TPSA) is 29.5 Å². The number of ether oxygens (including phenoxy) is 1. The van der Waals surface area contributed by atoms with Gasteiger partial charge in [0.2, 0.25) is 5.91 Å². The fraction of sp³-hybridized carbons (Fsp3) is 0.381. The van der Waals surface area contributed by atoms with Crippen molar-refractivity contribution in [2.24, 2.45) is 0 Å². The van der Waals surface area contributed by atoms with Crippen LogP contribution in [0.25, 0.3) is 0 Å². The van der Waals surface area contributed by atoms with Gasteiger partial charge in [0.05, 0.1) is 11.9 Å². The maximum atomic E-state index is 12.8. The van der Waals surface area contributed by atoms with Gasteiger partial charge in [-0.2, -0.15) is 0 Å². The second-order valence-electron chi connectivity index (χ2n) is 6.50. The van der Waals surface area contributed by atoms with Gasteiger partial charge in [0.1, 0.15) is 0 Å². The highest BCUT2D eigenvalue weighted by Gasteiger charge is 2.22. The second-order valence-corrected chi connectivity index (χ2v) is 7.55. The highest BCUT2D eigenvalue weighted by Crippen LogP contribution is 2.21. The van der Waals surface area contributed by atoms with Crippen LogP contribution in [0.5, 0.6) is 0 Å². The molecular formula is C21H25NO2S. The van der Waals surface area contributed by atoms with Crippen molar-refractivity contribution in [3.8, 4) is 0 Å². The lowest BCUT2D eigenvalue weighted by Crippen LogP contribution is -2.38. The van der Waals surface area contributed by atoms with Gasteiger partial charge < -0.3 is 9.64 Å². The molecule has 4 heteroatoms. The molecule has 1 heterocycles. The molecule has 0 bridgehead atoms. The molecule has 3 rings (SSSR count).